The van der Waals surface area contributed by atoms with Crippen molar-refractivity contribution in [1.82, 2.24) is 0 Å². The van der Waals surface area contributed by atoms with Crippen molar-refractivity contribution in [2.24, 2.45) is 5.73 Å². The molecular weight excluding hydrogens is 358 g/mol. The highest BCUT2D eigenvalue weighted by molar-refractivity contribution is 6.99. The Labute approximate surface area is 170 Å². The van der Waals surface area contributed by atoms with Crippen LogP contribution in [0.3, 0.4) is 0 Å². The highest BCUT2D eigenvalue weighted by Crippen LogP contribution is 2.39. The van der Waals surface area contributed by atoms with Gasteiger partial charge in [0.25, 0.3) is 8.32 Å². The molecule has 3 aromatic rings. The molecule has 146 valence electrons. The predicted molar refractivity (Wildman–Crippen MR) is 122 cm³/mol. The summed E-state index contributed by atoms with van der Waals surface area (Å²) in [6.45, 7) is 11.0. The molecule has 0 fully saturated rings. The van der Waals surface area contributed by atoms with Gasteiger partial charge in [0.15, 0.2) is 0 Å². The lowest BCUT2D eigenvalue weighted by molar-refractivity contribution is 0.198. The van der Waals surface area contributed by atoms with Crippen molar-refractivity contribution >= 4 is 18.7 Å². The topological polar surface area (TPSA) is 35.2 Å². The SMILES string of the molecule is Cc1ccc(C(N)O[Si](c2ccccc2)(c2ccccc2)C(C)(C)C)c(C)c1. The van der Waals surface area contributed by atoms with Crippen LogP contribution in [0.5, 0.6) is 0 Å². The zero-order valence-electron chi connectivity index (χ0n) is 17.6. The molecular formula is C25H31NOSi. The molecule has 0 aliphatic heterocycles. The van der Waals surface area contributed by atoms with Gasteiger partial charge in [0, 0.05) is 0 Å². The summed E-state index contributed by atoms with van der Waals surface area (Å²) in [5.74, 6) is 0. The zero-order chi connectivity index (χ0) is 20.4. The molecule has 1 unspecified atom stereocenters. The summed E-state index contributed by atoms with van der Waals surface area (Å²) in [6, 6.07) is 27.6. The molecule has 0 saturated heterocycles. The minimum absolute atomic E-state index is 0.0913. The lowest BCUT2D eigenvalue weighted by atomic mass is 10.1. The van der Waals surface area contributed by atoms with E-state index in [4.69, 9.17) is 10.2 Å². The van der Waals surface area contributed by atoms with Crippen molar-refractivity contribution in [2.45, 2.75) is 45.9 Å². The van der Waals surface area contributed by atoms with Crippen molar-refractivity contribution in [3.05, 3.63) is 95.6 Å². The molecule has 0 aliphatic rings. The van der Waals surface area contributed by atoms with Gasteiger partial charge in [0.2, 0.25) is 0 Å². The van der Waals surface area contributed by atoms with Crippen LogP contribution in [0.2, 0.25) is 5.04 Å². The number of rotatable bonds is 5. The van der Waals surface area contributed by atoms with Gasteiger partial charge in [-0.3, -0.25) is 0 Å². The number of hydrogen-bond donors (Lipinski definition) is 1. The van der Waals surface area contributed by atoms with Gasteiger partial charge in [-0.2, -0.15) is 0 Å². The van der Waals surface area contributed by atoms with E-state index in [0.717, 1.165) is 5.56 Å². The summed E-state index contributed by atoms with van der Waals surface area (Å²) in [7, 11) is -2.66. The second-order valence-corrected chi connectivity index (χ2v) is 12.8. The third kappa shape index (κ3) is 3.83. The highest BCUT2D eigenvalue weighted by Gasteiger charge is 2.51. The largest absolute Gasteiger partial charge is 0.388 e. The number of nitrogens with two attached hydrogens (primary N) is 1. The van der Waals surface area contributed by atoms with Crippen molar-refractivity contribution < 1.29 is 4.43 Å². The molecule has 0 aliphatic carbocycles. The summed E-state index contributed by atoms with van der Waals surface area (Å²) in [5, 5.41) is 2.40. The molecule has 0 aromatic heterocycles. The van der Waals surface area contributed by atoms with E-state index in [2.05, 4.69) is 113 Å². The average molecular weight is 390 g/mol. The molecule has 2 nitrogen and oxygen atoms in total. The molecule has 0 bridgehead atoms. The number of aryl methyl sites for hydroxylation is 2. The normalized spacial score (nSPS) is 13.4. The lowest BCUT2D eigenvalue weighted by Gasteiger charge is -2.44. The van der Waals surface area contributed by atoms with Gasteiger partial charge in [-0.1, -0.05) is 105 Å². The third-order valence-electron chi connectivity index (χ3n) is 5.45. The molecule has 0 amide bonds. The standard InChI is InChI=1S/C25H31NOSi/c1-19-16-17-23(20(2)18-19)24(26)27-28(25(3,4)5,21-12-8-6-9-13-21)22-14-10-7-11-15-22/h6-18,24H,26H2,1-5H3. The molecule has 0 spiro atoms. The van der Waals surface area contributed by atoms with Crippen molar-refractivity contribution in [1.29, 1.82) is 0 Å². The van der Waals surface area contributed by atoms with E-state index < -0.39 is 14.5 Å². The Kier molecular flexibility index (Phi) is 5.89. The van der Waals surface area contributed by atoms with E-state index in [0.29, 0.717) is 0 Å². The molecule has 28 heavy (non-hydrogen) atoms. The van der Waals surface area contributed by atoms with E-state index in [1.165, 1.54) is 21.5 Å². The van der Waals surface area contributed by atoms with E-state index in [9.17, 15) is 0 Å². The maximum Gasteiger partial charge on any atom is 0.263 e. The van der Waals surface area contributed by atoms with Crippen LogP contribution in [0.15, 0.2) is 78.9 Å². The van der Waals surface area contributed by atoms with Gasteiger partial charge >= 0.3 is 0 Å². The van der Waals surface area contributed by atoms with Gasteiger partial charge in [-0.25, -0.2) is 0 Å². The van der Waals surface area contributed by atoms with E-state index in [1.54, 1.807) is 0 Å². The maximum absolute atomic E-state index is 7.00. The Morgan fingerprint density at radius 1 is 0.786 bits per heavy atom. The number of benzene rings is 3. The smallest absolute Gasteiger partial charge is 0.263 e. The van der Waals surface area contributed by atoms with E-state index in [1.807, 2.05) is 0 Å². The Balaban J connectivity index is 2.18. The first kappa shape index (κ1) is 20.5. The summed E-state index contributed by atoms with van der Waals surface area (Å²) < 4.78 is 7.00. The van der Waals surface area contributed by atoms with Crippen LogP contribution in [-0.4, -0.2) is 8.32 Å². The second kappa shape index (κ2) is 8.04. The Hall–Kier alpha value is -2.20. The van der Waals surface area contributed by atoms with E-state index >= 15 is 0 Å². The molecule has 3 aromatic carbocycles. The summed E-state index contributed by atoms with van der Waals surface area (Å²) >= 11 is 0. The first-order chi connectivity index (χ1) is 13.3. The second-order valence-electron chi connectivity index (χ2n) is 8.56. The van der Waals surface area contributed by atoms with Gasteiger partial charge in [0.1, 0.15) is 6.23 Å². The Morgan fingerprint density at radius 2 is 1.29 bits per heavy atom. The molecule has 3 rings (SSSR count). The summed E-state index contributed by atoms with van der Waals surface area (Å²) in [4.78, 5) is 0. The number of hydrogen-bond acceptors (Lipinski definition) is 2. The van der Waals surface area contributed by atoms with Crippen LogP contribution in [0.25, 0.3) is 0 Å². The minimum atomic E-state index is -2.66. The average Bonchev–Trinajstić information content (AvgIpc) is 2.66. The van der Waals surface area contributed by atoms with Crippen LogP contribution in [-0.2, 0) is 4.43 Å². The van der Waals surface area contributed by atoms with E-state index in [-0.39, 0.29) is 5.04 Å². The first-order valence-electron chi connectivity index (χ1n) is 9.87. The quantitative estimate of drug-likeness (QED) is 0.501. The molecule has 0 radical (unpaired) electrons. The molecule has 1 atom stereocenters. The monoisotopic (exact) mass is 389 g/mol. The van der Waals surface area contributed by atoms with Gasteiger partial charge in [-0.05, 0) is 40.4 Å². The molecule has 2 N–H and O–H groups in total. The maximum atomic E-state index is 7.00. The van der Waals surface area contributed by atoms with Gasteiger partial charge in [-0.15, -0.1) is 0 Å². The summed E-state index contributed by atoms with van der Waals surface area (Å²) in [6.07, 6.45) is -0.480. The van der Waals surface area contributed by atoms with Crippen LogP contribution >= 0.6 is 0 Å². The van der Waals surface area contributed by atoms with Crippen molar-refractivity contribution in [3.8, 4) is 0 Å². The molecule has 0 saturated carbocycles. The lowest BCUT2D eigenvalue weighted by Crippen LogP contribution is -2.67. The first-order valence-corrected chi connectivity index (χ1v) is 11.8. The Morgan fingerprint density at radius 3 is 1.71 bits per heavy atom. The fraction of sp³-hybridized carbons (Fsp3) is 0.280. The molecule has 3 heteroatoms. The zero-order valence-corrected chi connectivity index (χ0v) is 18.6. The van der Waals surface area contributed by atoms with Crippen molar-refractivity contribution in [3.63, 3.8) is 0 Å². The highest BCUT2D eigenvalue weighted by atomic mass is 28.4. The van der Waals surface area contributed by atoms with Crippen LogP contribution in [0.4, 0.5) is 0 Å². The Bertz CT molecular complexity index is 877. The van der Waals surface area contributed by atoms with Crippen LogP contribution < -0.4 is 16.1 Å². The predicted octanol–water partition coefficient (Wildman–Crippen LogP) is 4.84. The van der Waals surface area contributed by atoms with Gasteiger partial charge < -0.3 is 10.2 Å². The summed E-state index contributed by atoms with van der Waals surface area (Å²) in [5.41, 5.74) is 10.2. The third-order valence-corrected chi connectivity index (χ3v) is 10.5. The van der Waals surface area contributed by atoms with Crippen LogP contribution in [0, 0.1) is 13.8 Å². The molecule has 0 heterocycles. The fourth-order valence-corrected chi connectivity index (χ4v) is 8.61. The van der Waals surface area contributed by atoms with Crippen molar-refractivity contribution in [2.75, 3.05) is 0 Å². The minimum Gasteiger partial charge on any atom is -0.388 e. The fourth-order valence-electron chi connectivity index (χ4n) is 4.09. The van der Waals surface area contributed by atoms with Gasteiger partial charge in [0.05, 0.1) is 0 Å². The van der Waals surface area contributed by atoms with Crippen LogP contribution in [0.1, 0.15) is 43.7 Å².